The van der Waals surface area contributed by atoms with Crippen molar-refractivity contribution in [2.45, 2.75) is 12.8 Å². The summed E-state index contributed by atoms with van der Waals surface area (Å²) in [5.41, 5.74) is 0.907. The van der Waals surface area contributed by atoms with Gasteiger partial charge in [-0.3, -0.25) is 10.1 Å². The van der Waals surface area contributed by atoms with Crippen LogP contribution in [0, 0.1) is 5.92 Å². The zero-order valence-electron chi connectivity index (χ0n) is 11.6. The highest BCUT2D eigenvalue weighted by Gasteiger charge is 2.21. The predicted octanol–water partition coefficient (Wildman–Crippen LogP) is 2.14. The number of hydrogen-bond acceptors (Lipinski definition) is 3. The minimum absolute atomic E-state index is 0.0859. The Kier molecular flexibility index (Phi) is 5.78. The molecule has 1 aromatic carbocycles. The van der Waals surface area contributed by atoms with E-state index >= 15 is 0 Å². The number of carbonyl (C=O) groups is 2. The number of rotatable bonds is 3. The van der Waals surface area contributed by atoms with Crippen LogP contribution in [0.2, 0.25) is 5.02 Å². The van der Waals surface area contributed by atoms with E-state index in [1.165, 1.54) is 6.20 Å². The van der Waals surface area contributed by atoms with Crippen LogP contribution in [0.1, 0.15) is 18.4 Å². The lowest BCUT2D eigenvalue weighted by atomic mass is 9.97. The summed E-state index contributed by atoms with van der Waals surface area (Å²) in [6.07, 6.45) is 4.75. The minimum Gasteiger partial charge on any atom is -0.317 e. The van der Waals surface area contributed by atoms with E-state index in [4.69, 9.17) is 11.6 Å². The zero-order valence-corrected chi connectivity index (χ0v) is 12.3. The minimum atomic E-state index is -0.510. The van der Waals surface area contributed by atoms with Crippen molar-refractivity contribution in [2.75, 3.05) is 13.1 Å². The first-order valence-electron chi connectivity index (χ1n) is 6.89. The highest BCUT2D eigenvalue weighted by Crippen LogP contribution is 2.11. The quantitative estimate of drug-likeness (QED) is 0.801. The molecule has 1 heterocycles. The van der Waals surface area contributed by atoms with Gasteiger partial charge in [0.15, 0.2) is 0 Å². The van der Waals surface area contributed by atoms with Gasteiger partial charge in [-0.05, 0) is 49.7 Å². The van der Waals surface area contributed by atoms with Crippen molar-refractivity contribution in [3.63, 3.8) is 0 Å². The number of nitrogens with one attached hydrogen (secondary N) is 3. The zero-order chi connectivity index (χ0) is 15.1. The normalized spacial score (nSPS) is 15.9. The summed E-state index contributed by atoms with van der Waals surface area (Å²) in [6, 6.07) is 6.69. The molecule has 0 aromatic heterocycles. The second-order valence-corrected chi connectivity index (χ2v) is 5.31. The first kappa shape index (κ1) is 15.5. The molecule has 3 N–H and O–H groups in total. The molecular formula is C15H18ClN3O2. The van der Waals surface area contributed by atoms with Crippen molar-refractivity contribution < 1.29 is 9.59 Å². The second kappa shape index (κ2) is 7.81. The van der Waals surface area contributed by atoms with Gasteiger partial charge in [-0.2, -0.15) is 0 Å². The highest BCUT2D eigenvalue weighted by molar-refractivity contribution is 6.30. The number of benzene rings is 1. The lowest BCUT2D eigenvalue weighted by molar-refractivity contribution is -0.124. The molecule has 21 heavy (non-hydrogen) atoms. The molecule has 0 atom stereocenters. The Bertz CT molecular complexity index is 522. The van der Waals surface area contributed by atoms with E-state index in [2.05, 4.69) is 16.0 Å². The van der Waals surface area contributed by atoms with Gasteiger partial charge in [0.05, 0.1) is 0 Å². The van der Waals surface area contributed by atoms with Crippen molar-refractivity contribution in [3.05, 3.63) is 41.1 Å². The van der Waals surface area contributed by atoms with E-state index in [1.54, 1.807) is 18.2 Å². The number of hydrogen-bond donors (Lipinski definition) is 3. The van der Waals surface area contributed by atoms with Crippen LogP contribution in [-0.4, -0.2) is 25.0 Å². The molecule has 112 valence electrons. The monoisotopic (exact) mass is 307 g/mol. The van der Waals surface area contributed by atoms with Crippen molar-refractivity contribution in [3.8, 4) is 0 Å². The number of carbonyl (C=O) groups excluding carboxylic acids is 2. The van der Waals surface area contributed by atoms with Gasteiger partial charge in [-0.25, -0.2) is 4.79 Å². The molecule has 0 unspecified atom stereocenters. The van der Waals surface area contributed by atoms with Crippen LogP contribution in [0.3, 0.4) is 0 Å². The molecule has 0 bridgehead atoms. The van der Waals surface area contributed by atoms with E-state index in [0.29, 0.717) is 5.02 Å². The summed E-state index contributed by atoms with van der Waals surface area (Å²) in [6.45, 7) is 1.63. The average molecular weight is 308 g/mol. The summed E-state index contributed by atoms with van der Waals surface area (Å²) in [7, 11) is 0. The molecule has 1 aliphatic heterocycles. The molecule has 3 amide bonds. The maximum Gasteiger partial charge on any atom is 0.325 e. The van der Waals surface area contributed by atoms with Gasteiger partial charge in [-0.15, -0.1) is 0 Å². The smallest absolute Gasteiger partial charge is 0.317 e. The summed E-state index contributed by atoms with van der Waals surface area (Å²) in [4.78, 5) is 23.5. The van der Waals surface area contributed by atoms with Crippen molar-refractivity contribution in [1.29, 1.82) is 0 Å². The van der Waals surface area contributed by atoms with E-state index in [-0.39, 0.29) is 11.8 Å². The van der Waals surface area contributed by atoms with Gasteiger partial charge in [0.25, 0.3) is 0 Å². The molecule has 1 saturated heterocycles. The highest BCUT2D eigenvalue weighted by atomic mass is 35.5. The van der Waals surface area contributed by atoms with Gasteiger partial charge < -0.3 is 10.6 Å². The summed E-state index contributed by atoms with van der Waals surface area (Å²) < 4.78 is 0. The van der Waals surface area contributed by atoms with Gasteiger partial charge in [0.2, 0.25) is 5.91 Å². The third-order valence-corrected chi connectivity index (χ3v) is 3.56. The third kappa shape index (κ3) is 5.21. The molecule has 0 aliphatic carbocycles. The molecule has 0 spiro atoms. The Morgan fingerprint density at radius 3 is 2.52 bits per heavy atom. The fourth-order valence-electron chi connectivity index (χ4n) is 2.12. The largest absolute Gasteiger partial charge is 0.325 e. The van der Waals surface area contributed by atoms with Gasteiger partial charge in [0.1, 0.15) is 0 Å². The fourth-order valence-corrected chi connectivity index (χ4v) is 2.25. The van der Waals surface area contributed by atoms with Crippen LogP contribution >= 0.6 is 11.6 Å². The first-order valence-corrected chi connectivity index (χ1v) is 7.27. The van der Waals surface area contributed by atoms with Crippen molar-refractivity contribution in [2.24, 2.45) is 5.92 Å². The van der Waals surface area contributed by atoms with Crippen LogP contribution in [0.5, 0.6) is 0 Å². The molecule has 1 aliphatic rings. The van der Waals surface area contributed by atoms with Crippen LogP contribution in [0.4, 0.5) is 4.79 Å². The van der Waals surface area contributed by atoms with E-state index in [9.17, 15) is 9.59 Å². The molecule has 0 radical (unpaired) electrons. The SMILES string of the molecule is O=C(N/C=C/c1ccc(Cl)cc1)NC(=O)C1CCNCC1. The van der Waals surface area contributed by atoms with E-state index < -0.39 is 6.03 Å². The second-order valence-electron chi connectivity index (χ2n) is 4.87. The fraction of sp³-hybridized carbons (Fsp3) is 0.333. The molecular weight excluding hydrogens is 290 g/mol. The van der Waals surface area contributed by atoms with E-state index in [1.807, 2.05) is 12.1 Å². The summed E-state index contributed by atoms with van der Waals surface area (Å²) in [5, 5.41) is 8.71. The third-order valence-electron chi connectivity index (χ3n) is 3.31. The topological polar surface area (TPSA) is 70.2 Å². The number of piperidine rings is 1. The Labute approximate surface area is 128 Å². The molecule has 2 rings (SSSR count). The van der Waals surface area contributed by atoms with Crippen LogP contribution < -0.4 is 16.0 Å². The van der Waals surface area contributed by atoms with Gasteiger partial charge in [0, 0.05) is 17.1 Å². The Hall–Kier alpha value is -1.85. The molecule has 1 aromatic rings. The predicted molar refractivity (Wildman–Crippen MR) is 82.8 cm³/mol. The Morgan fingerprint density at radius 1 is 1.19 bits per heavy atom. The summed E-state index contributed by atoms with van der Waals surface area (Å²) in [5.74, 6) is -0.300. The summed E-state index contributed by atoms with van der Waals surface area (Å²) >= 11 is 5.78. The maximum atomic E-state index is 11.8. The lowest BCUT2D eigenvalue weighted by Gasteiger charge is -2.21. The van der Waals surface area contributed by atoms with E-state index in [0.717, 1.165) is 31.5 Å². The number of halogens is 1. The van der Waals surface area contributed by atoms with Crippen molar-refractivity contribution in [1.82, 2.24) is 16.0 Å². The maximum absolute atomic E-state index is 11.8. The van der Waals surface area contributed by atoms with Crippen molar-refractivity contribution >= 4 is 29.6 Å². The lowest BCUT2D eigenvalue weighted by Crippen LogP contribution is -2.43. The number of imide groups is 1. The average Bonchev–Trinajstić information content (AvgIpc) is 2.50. The number of amides is 3. The van der Waals surface area contributed by atoms with Crippen LogP contribution in [-0.2, 0) is 4.79 Å². The first-order chi connectivity index (χ1) is 10.1. The van der Waals surface area contributed by atoms with Gasteiger partial charge >= 0.3 is 6.03 Å². The Morgan fingerprint density at radius 2 is 1.86 bits per heavy atom. The molecule has 5 nitrogen and oxygen atoms in total. The molecule has 1 fully saturated rings. The number of urea groups is 1. The molecule has 6 heteroatoms. The molecule has 0 saturated carbocycles. The Balaban J connectivity index is 1.76. The standard InChI is InChI=1S/C15H18ClN3O2/c16-13-3-1-11(2-4-13)5-10-18-15(21)19-14(20)12-6-8-17-9-7-12/h1-5,10,12,17H,6-9H2,(H2,18,19,20,21)/b10-5+. The van der Waals surface area contributed by atoms with Crippen LogP contribution in [0.15, 0.2) is 30.5 Å². The van der Waals surface area contributed by atoms with Gasteiger partial charge in [-0.1, -0.05) is 23.7 Å². The van der Waals surface area contributed by atoms with Crippen LogP contribution in [0.25, 0.3) is 6.08 Å².